The first-order valence-electron chi connectivity index (χ1n) is 9.12. The third kappa shape index (κ3) is 5.44. The lowest BCUT2D eigenvalue weighted by Crippen LogP contribution is -2.34. The van der Waals surface area contributed by atoms with Gasteiger partial charge in [0.25, 0.3) is 5.91 Å². The van der Waals surface area contributed by atoms with Gasteiger partial charge in [-0.3, -0.25) is 4.79 Å². The lowest BCUT2D eigenvalue weighted by atomic mass is 10.1. The van der Waals surface area contributed by atoms with Crippen LogP contribution in [0.2, 0.25) is 0 Å². The van der Waals surface area contributed by atoms with Gasteiger partial charge in [0.2, 0.25) is 0 Å². The van der Waals surface area contributed by atoms with Crippen LogP contribution in [-0.4, -0.2) is 42.6 Å². The van der Waals surface area contributed by atoms with E-state index in [4.69, 9.17) is 21.7 Å². The molecule has 1 amide bonds. The lowest BCUT2D eigenvalue weighted by molar-refractivity contribution is -0.118. The van der Waals surface area contributed by atoms with Crippen LogP contribution < -0.4 is 14.8 Å². The second kappa shape index (κ2) is 9.37. The zero-order valence-electron chi connectivity index (χ0n) is 15.4. The molecule has 0 atom stereocenters. The van der Waals surface area contributed by atoms with E-state index < -0.39 is 0 Å². The highest BCUT2D eigenvalue weighted by atomic mass is 32.1. The fraction of sp³-hybridized carbons (Fsp3) is 0.333. The fourth-order valence-electron chi connectivity index (χ4n) is 2.99. The van der Waals surface area contributed by atoms with E-state index in [-0.39, 0.29) is 12.5 Å². The maximum atomic E-state index is 12.0. The zero-order chi connectivity index (χ0) is 19.1. The average molecular weight is 385 g/mol. The quantitative estimate of drug-likeness (QED) is 0.766. The van der Waals surface area contributed by atoms with Gasteiger partial charge >= 0.3 is 0 Å². The summed E-state index contributed by atoms with van der Waals surface area (Å²) in [6.45, 7) is 2.01. The summed E-state index contributed by atoms with van der Waals surface area (Å²) in [6, 6.07) is 14.8. The molecular weight excluding hydrogens is 360 g/mol. The van der Waals surface area contributed by atoms with Crippen molar-refractivity contribution >= 4 is 28.8 Å². The van der Waals surface area contributed by atoms with E-state index in [1.165, 1.54) is 19.3 Å². The van der Waals surface area contributed by atoms with Crippen molar-refractivity contribution < 1.29 is 14.3 Å². The van der Waals surface area contributed by atoms with Gasteiger partial charge in [0.15, 0.2) is 6.61 Å². The van der Waals surface area contributed by atoms with Crippen LogP contribution in [-0.2, 0) is 4.79 Å². The Morgan fingerprint density at radius 2 is 1.63 bits per heavy atom. The largest absolute Gasteiger partial charge is 0.497 e. The summed E-state index contributed by atoms with van der Waals surface area (Å²) in [6.07, 6.45) is 3.68. The summed E-state index contributed by atoms with van der Waals surface area (Å²) in [4.78, 5) is 15.2. The number of ether oxygens (including phenoxy) is 2. The maximum absolute atomic E-state index is 12.0. The first kappa shape index (κ1) is 19.2. The summed E-state index contributed by atoms with van der Waals surface area (Å²) in [5, 5.41) is 2.79. The van der Waals surface area contributed by atoms with Gasteiger partial charge in [0.05, 0.1) is 7.11 Å². The molecule has 1 saturated heterocycles. The smallest absolute Gasteiger partial charge is 0.262 e. The number of amides is 1. The number of rotatable bonds is 6. The van der Waals surface area contributed by atoms with Crippen LogP contribution in [0.15, 0.2) is 48.5 Å². The Morgan fingerprint density at radius 3 is 2.26 bits per heavy atom. The van der Waals surface area contributed by atoms with Crippen LogP contribution in [0.25, 0.3) is 0 Å². The molecule has 2 aromatic carbocycles. The highest BCUT2D eigenvalue weighted by Gasteiger charge is 2.14. The van der Waals surface area contributed by atoms with E-state index in [9.17, 15) is 4.79 Å². The first-order chi connectivity index (χ1) is 13.2. The predicted molar refractivity (Wildman–Crippen MR) is 111 cm³/mol. The predicted octanol–water partition coefficient (Wildman–Crippen LogP) is 3.87. The highest BCUT2D eigenvalue weighted by molar-refractivity contribution is 7.80. The van der Waals surface area contributed by atoms with Crippen molar-refractivity contribution in [2.45, 2.75) is 19.3 Å². The zero-order valence-corrected chi connectivity index (χ0v) is 16.3. The normalized spacial score (nSPS) is 13.7. The second-order valence-corrected chi connectivity index (χ2v) is 6.83. The van der Waals surface area contributed by atoms with E-state index in [0.717, 1.165) is 29.4 Å². The summed E-state index contributed by atoms with van der Waals surface area (Å²) < 4.78 is 10.7. The van der Waals surface area contributed by atoms with Gasteiger partial charge in [-0.15, -0.1) is 0 Å². The van der Waals surface area contributed by atoms with Crippen LogP contribution >= 0.6 is 12.2 Å². The summed E-state index contributed by atoms with van der Waals surface area (Å²) in [7, 11) is 1.60. The number of piperidine rings is 1. The van der Waals surface area contributed by atoms with Crippen molar-refractivity contribution in [2.75, 3.05) is 32.1 Å². The number of methoxy groups -OCH3 is 1. The topological polar surface area (TPSA) is 50.8 Å². The molecule has 0 unspecified atom stereocenters. The number of likely N-dealkylation sites (tertiary alicyclic amines) is 1. The standard InChI is InChI=1S/C21H24N2O3S/c1-25-18-11-7-17(8-12-18)22-20(24)15-26-19-9-5-16(6-10-19)21(27)23-13-3-2-4-14-23/h5-12H,2-4,13-15H2,1H3,(H,22,24). The summed E-state index contributed by atoms with van der Waals surface area (Å²) in [5.74, 6) is 1.17. The Kier molecular flexibility index (Phi) is 6.65. The Balaban J connectivity index is 1.49. The average Bonchev–Trinajstić information content (AvgIpc) is 2.73. The van der Waals surface area contributed by atoms with Crippen molar-refractivity contribution in [1.82, 2.24) is 4.90 Å². The van der Waals surface area contributed by atoms with Gasteiger partial charge in [-0.2, -0.15) is 0 Å². The molecule has 1 aliphatic heterocycles. The minimum absolute atomic E-state index is 0.0536. The van der Waals surface area contributed by atoms with Crippen molar-refractivity contribution in [1.29, 1.82) is 0 Å². The third-order valence-corrected chi connectivity index (χ3v) is 4.98. The molecule has 1 fully saturated rings. The Bertz CT molecular complexity index is 769. The van der Waals surface area contributed by atoms with Crippen LogP contribution in [0.5, 0.6) is 11.5 Å². The number of nitrogens with one attached hydrogen (secondary N) is 1. The molecular formula is C21H24N2O3S. The van der Waals surface area contributed by atoms with Crippen LogP contribution in [0, 0.1) is 0 Å². The van der Waals surface area contributed by atoms with Gasteiger partial charge in [0.1, 0.15) is 16.5 Å². The highest BCUT2D eigenvalue weighted by Crippen LogP contribution is 2.18. The van der Waals surface area contributed by atoms with E-state index in [1.807, 2.05) is 24.3 Å². The number of benzene rings is 2. The molecule has 0 aromatic heterocycles. The molecule has 0 bridgehead atoms. The number of hydrogen-bond donors (Lipinski definition) is 1. The number of carbonyl (C=O) groups excluding carboxylic acids is 1. The molecule has 3 rings (SSSR count). The molecule has 27 heavy (non-hydrogen) atoms. The number of hydrogen-bond acceptors (Lipinski definition) is 4. The van der Waals surface area contributed by atoms with Crippen LogP contribution in [0.1, 0.15) is 24.8 Å². The van der Waals surface area contributed by atoms with Crippen molar-refractivity contribution in [3.63, 3.8) is 0 Å². The SMILES string of the molecule is COc1ccc(NC(=O)COc2ccc(C(=S)N3CCCCC3)cc2)cc1. The molecule has 0 saturated carbocycles. The third-order valence-electron chi connectivity index (χ3n) is 4.49. The van der Waals surface area contributed by atoms with Gasteiger partial charge in [-0.1, -0.05) is 12.2 Å². The molecule has 1 heterocycles. The van der Waals surface area contributed by atoms with Gasteiger partial charge in [-0.25, -0.2) is 0 Å². The van der Waals surface area contributed by atoms with Gasteiger partial charge in [-0.05, 0) is 67.8 Å². The minimum atomic E-state index is -0.215. The van der Waals surface area contributed by atoms with Crippen LogP contribution in [0.4, 0.5) is 5.69 Å². The lowest BCUT2D eigenvalue weighted by Gasteiger charge is -2.29. The minimum Gasteiger partial charge on any atom is -0.497 e. The number of nitrogens with zero attached hydrogens (tertiary/aromatic N) is 1. The number of anilines is 1. The number of thiocarbonyl (C=S) groups is 1. The Hall–Kier alpha value is -2.60. The molecule has 0 aliphatic carbocycles. The summed E-state index contributed by atoms with van der Waals surface area (Å²) in [5.41, 5.74) is 1.72. The van der Waals surface area contributed by atoms with Gasteiger partial charge < -0.3 is 19.7 Å². The molecule has 2 aromatic rings. The second-order valence-electron chi connectivity index (χ2n) is 6.44. The summed E-state index contributed by atoms with van der Waals surface area (Å²) >= 11 is 5.59. The molecule has 1 N–H and O–H groups in total. The van der Waals surface area contributed by atoms with E-state index >= 15 is 0 Å². The molecule has 1 aliphatic rings. The van der Waals surface area contributed by atoms with E-state index in [1.54, 1.807) is 31.4 Å². The number of carbonyl (C=O) groups is 1. The van der Waals surface area contributed by atoms with Crippen molar-refractivity contribution in [3.05, 3.63) is 54.1 Å². The van der Waals surface area contributed by atoms with Crippen molar-refractivity contribution in [3.8, 4) is 11.5 Å². The fourth-order valence-corrected chi connectivity index (χ4v) is 3.31. The Labute approximate surface area is 165 Å². The van der Waals surface area contributed by atoms with Crippen molar-refractivity contribution in [2.24, 2.45) is 0 Å². The molecule has 6 heteroatoms. The van der Waals surface area contributed by atoms with Gasteiger partial charge in [0, 0.05) is 24.3 Å². The molecule has 5 nitrogen and oxygen atoms in total. The Morgan fingerprint density at radius 1 is 1.00 bits per heavy atom. The molecule has 0 radical (unpaired) electrons. The van der Waals surface area contributed by atoms with Crippen LogP contribution in [0.3, 0.4) is 0 Å². The van der Waals surface area contributed by atoms with E-state index in [2.05, 4.69) is 10.2 Å². The molecule has 0 spiro atoms. The first-order valence-corrected chi connectivity index (χ1v) is 9.52. The monoisotopic (exact) mass is 384 g/mol. The van der Waals surface area contributed by atoms with E-state index in [0.29, 0.717) is 11.4 Å². The molecule has 142 valence electrons. The maximum Gasteiger partial charge on any atom is 0.262 e.